The fourth-order valence-electron chi connectivity index (χ4n) is 3.17. The van der Waals surface area contributed by atoms with Crippen LogP contribution >= 0.6 is 0 Å². The molecule has 3 amide bonds. The maximum atomic E-state index is 12.4. The molecule has 0 radical (unpaired) electrons. The van der Waals surface area contributed by atoms with E-state index in [4.69, 9.17) is 0 Å². The summed E-state index contributed by atoms with van der Waals surface area (Å²) in [6.45, 7) is 3.49. The summed E-state index contributed by atoms with van der Waals surface area (Å²) < 4.78 is 0. The van der Waals surface area contributed by atoms with Crippen molar-refractivity contribution in [2.45, 2.75) is 25.8 Å². The van der Waals surface area contributed by atoms with E-state index in [-0.39, 0.29) is 18.0 Å². The topological polar surface area (TPSA) is 90.5 Å². The molecule has 1 fully saturated rings. The molecule has 148 valence electrons. The summed E-state index contributed by atoms with van der Waals surface area (Å²) in [5, 5.41) is 5.90. The van der Waals surface area contributed by atoms with Crippen molar-refractivity contribution in [2.75, 3.05) is 37.4 Å². The fourth-order valence-corrected chi connectivity index (χ4v) is 3.17. The van der Waals surface area contributed by atoms with Crippen molar-refractivity contribution in [1.82, 2.24) is 20.2 Å². The Morgan fingerprint density at radius 2 is 1.82 bits per heavy atom. The van der Waals surface area contributed by atoms with E-state index >= 15 is 0 Å². The molecule has 0 bridgehead atoms. The van der Waals surface area contributed by atoms with Crippen LogP contribution in [0.4, 0.5) is 16.4 Å². The highest BCUT2D eigenvalue weighted by Crippen LogP contribution is 2.19. The van der Waals surface area contributed by atoms with E-state index in [9.17, 15) is 9.59 Å². The molecule has 3 rings (SSSR count). The standard InChI is InChI=1S/C20H26N6O2/c1-14-5-6-15(18(27)25(2)3)13-17(14)24-20(28)23-16-7-11-26(12-8-16)19-21-9-4-10-22-19/h4-6,9-10,13,16H,7-8,11-12H2,1-3H3,(H2,23,24,28). The first-order chi connectivity index (χ1) is 13.4. The summed E-state index contributed by atoms with van der Waals surface area (Å²) in [5.41, 5.74) is 2.09. The summed E-state index contributed by atoms with van der Waals surface area (Å²) >= 11 is 0. The molecule has 0 aliphatic carbocycles. The van der Waals surface area contributed by atoms with Gasteiger partial charge in [0, 0.05) is 56.9 Å². The first kappa shape index (κ1) is 19.6. The number of piperidine rings is 1. The van der Waals surface area contributed by atoms with Crippen molar-refractivity contribution < 1.29 is 9.59 Å². The quantitative estimate of drug-likeness (QED) is 0.847. The van der Waals surface area contributed by atoms with Crippen molar-refractivity contribution in [3.8, 4) is 0 Å². The van der Waals surface area contributed by atoms with Gasteiger partial charge < -0.3 is 20.4 Å². The van der Waals surface area contributed by atoms with Crippen LogP contribution < -0.4 is 15.5 Å². The predicted molar refractivity (Wildman–Crippen MR) is 109 cm³/mol. The minimum atomic E-state index is -0.257. The average molecular weight is 382 g/mol. The van der Waals surface area contributed by atoms with Gasteiger partial charge in [-0.3, -0.25) is 4.79 Å². The number of aromatic nitrogens is 2. The largest absolute Gasteiger partial charge is 0.345 e. The van der Waals surface area contributed by atoms with Gasteiger partial charge in [0.1, 0.15) is 0 Å². The van der Waals surface area contributed by atoms with Gasteiger partial charge in [0.25, 0.3) is 5.91 Å². The van der Waals surface area contributed by atoms with E-state index < -0.39 is 0 Å². The Labute approximate surface area is 165 Å². The summed E-state index contributed by atoms with van der Waals surface area (Å²) in [4.78, 5) is 36.8. The second-order valence-corrected chi connectivity index (χ2v) is 7.14. The summed E-state index contributed by atoms with van der Waals surface area (Å²) in [6.07, 6.45) is 5.11. The number of aryl methyl sites for hydroxylation is 1. The average Bonchev–Trinajstić information content (AvgIpc) is 2.70. The molecule has 1 aliphatic heterocycles. The lowest BCUT2D eigenvalue weighted by Gasteiger charge is -2.32. The van der Waals surface area contributed by atoms with Crippen LogP contribution in [-0.2, 0) is 0 Å². The number of anilines is 2. The third-order valence-corrected chi connectivity index (χ3v) is 4.80. The first-order valence-electron chi connectivity index (χ1n) is 9.36. The molecule has 2 aromatic rings. The number of amides is 3. The van der Waals surface area contributed by atoms with Crippen LogP contribution in [0, 0.1) is 6.92 Å². The summed E-state index contributed by atoms with van der Waals surface area (Å²) in [6, 6.07) is 6.95. The van der Waals surface area contributed by atoms with E-state index in [1.807, 2.05) is 13.0 Å². The van der Waals surface area contributed by atoms with Gasteiger partial charge in [0.2, 0.25) is 5.95 Å². The zero-order valence-electron chi connectivity index (χ0n) is 16.5. The molecule has 28 heavy (non-hydrogen) atoms. The second kappa shape index (κ2) is 8.69. The van der Waals surface area contributed by atoms with E-state index in [0.29, 0.717) is 11.3 Å². The first-order valence-corrected chi connectivity index (χ1v) is 9.36. The molecule has 2 heterocycles. The molecule has 1 saturated heterocycles. The van der Waals surface area contributed by atoms with Crippen LogP contribution in [0.5, 0.6) is 0 Å². The minimum Gasteiger partial charge on any atom is -0.345 e. The zero-order chi connectivity index (χ0) is 20.1. The van der Waals surface area contributed by atoms with E-state index in [2.05, 4.69) is 25.5 Å². The van der Waals surface area contributed by atoms with E-state index in [0.717, 1.165) is 37.4 Å². The third-order valence-electron chi connectivity index (χ3n) is 4.80. The van der Waals surface area contributed by atoms with E-state index in [1.54, 1.807) is 44.7 Å². The number of rotatable bonds is 4. The van der Waals surface area contributed by atoms with Crippen molar-refractivity contribution in [1.29, 1.82) is 0 Å². The minimum absolute atomic E-state index is 0.0897. The van der Waals surface area contributed by atoms with Crippen LogP contribution in [0.15, 0.2) is 36.7 Å². The highest BCUT2D eigenvalue weighted by Gasteiger charge is 2.22. The molecule has 8 nitrogen and oxygen atoms in total. The molecule has 0 saturated carbocycles. The van der Waals surface area contributed by atoms with Crippen molar-refractivity contribution in [2.24, 2.45) is 0 Å². The molecular weight excluding hydrogens is 356 g/mol. The Morgan fingerprint density at radius 3 is 2.46 bits per heavy atom. The van der Waals surface area contributed by atoms with Crippen molar-refractivity contribution >= 4 is 23.6 Å². The van der Waals surface area contributed by atoms with Gasteiger partial charge in [-0.2, -0.15) is 0 Å². The van der Waals surface area contributed by atoms with E-state index in [1.165, 1.54) is 4.90 Å². The number of nitrogens with zero attached hydrogens (tertiary/aromatic N) is 4. The highest BCUT2D eigenvalue weighted by molar-refractivity contribution is 5.97. The molecule has 1 aromatic carbocycles. The van der Waals surface area contributed by atoms with Gasteiger partial charge >= 0.3 is 6.03 Å². The lowest BCUT2D eigenvalue weighted by molar-refractivity contribution is 0.0827. The molecule has 0 atom stereocenters. The van der Waals surface area contributed by atoms with Gasteiger partial charge in [-0.25, -0.2) is 14.8 Å². The van der Waals surface area contributed by atoms with Gasteiger partial charge in [0.15, 0.2) is 0 Å². The van der Waals surface area contributed by atoms with Gasteiger partial charge in [0.05, 0.1) is 0 Å². The molecular formula is C20H26N6O2. The molecule has 0 spiro atoms. The Hall–Kier alpha value is -3.16. The Bertz CT molecular complexity index is 832. The van der Waals surface area contributed by atoms with Gasteiger partial charge in [-0.1, -0.05) is 6.07 Å². The zero-order valence-corrected chi connectivity index (χ0v) is 16.5. The maximum Gasteiger partial charge on any atom is 0.319 e. The number of nitrogens with one attached hydrogen (secondary N) is 2. The monoisotopic (exact) mass is 382 g/mol. The second-order valence-electron chi connectivity index (χ2n) is 7.14. The van der Waals surface area contributed by atoms with Gasteiger partial charge in [-0.05, 0) is 43.5 Å². The molecule has 1 aliphatic rings. The Kier molecular flexibility index (Phi) is 6.08. The Morgan fingerprint density at radius 1 is 1.14 bits per heavy atom. The molecule has 8 heteroatoms. The lowest BCUT2D eigenvalue weighted by atomic mass is 10.1. The number of carbonyl (C=O) groups excluding carboxylic acids is 2. The predicted octanol–water partition coefficient (Wildman–Crippen LogP) is 2.28. The molecule has 0 unspecified atom stereocenters. The number of urea groups is 1. The lowest BCUT2D eigenvalue weighted by Crippen LogP contribution is -2.46. The van der Waals surface area contributed by atoms with Crippen LogP contribution in [-0.4, -0.2) is 60.0 Å². The van der Waals surface area contributed by atoms with Crippen molar-refractivity contribution in [3.63, 3.8) is 0 Å². The van der Waals surface area contributed by atoms with Crippen LogP contribution in [0.25, 0.3) is 0 Å². The number of hydrogen-bond donors (Lipinski definition) is 2. The highest BCUT2D eigenvalue weighted by atomic mass is 16.2. The van der Waals surface area contributed by atoms with Gasteiger partial charge in [-0.15, -0.1) is 0 Å². The van der Waals surface area contributed by atoms with Crippen LogP contribution in [0.1, 0.15) is 28.8 Å². The molecule has 2 N–H and O–H groups in total. The van der Waals surface area contributed by atoms with Crippen molar-refractivity contribution in [3.05, 3.63) is 47.8 Å². The third kappa shape index (κ3) is 4.76. The number of hydrogen-bond acceptors (Lipinski definition) is 5. The number of benzene rings is 1. The number of carbonyl (C=O) groups is 2. The van der Waals surface area contributed by atoms with Crippen LogP contribution in [0.2, 0.25) is 0 Å². The molecule has 1 aromatic heterocycles. The Balaban J connectivity index is 1.55. The summed E-state index contributed by atoms with van der Waals surface area (Å²) in [7, 11) is 3.41. The normalized spacial score (nSPS) is 14.5. The fraction of sp³-hybridized carbons (Fsp3) is 0.400. The SMILES string of the molecule is Cc1ccc(C(=O)N(C)C)cc1NC(=O)NC1CCN(c2ncccn2)CC1. The summed E-state index contributed by atoms with van der Waals surface area (Å²) in [5.74, 6) is 0.627. The maximum absolute atomic E-state index is 12.4. The smallest absolute Gasteiger partial charge is 0.319 e. The van der Waals surface area contributed by atoms with Crippen LogP contribution in [0.3, 0.4) is 0 Å².